The number of carbonyl (C=O) groups is 1. The van der Waals surface area contributed by atoms with Crippen LogP contribution >= 0.6 is 0 Å². The van der Waals surface area contributed by atoms with E-state index in [0.29, 0.717) is 0 Å². The molecular formula is C15H21NO6S. The lowest BCUT2D eigenvalue weighted by molar-refractivity contribution is 0.0526. The van der Waals surface area contributed by atoms with Crippen molar-refractivity contribution in [1.29, 1.82) is 0 Å². The lowest BCUT2D eigenvalue weighted by atomic mass is 10.2. The number of ether oxygens (including phenoxy) is 2. The van der Waals surface area contributed by atoms with E-state index in [1.807, 2.05) is 0 Å². The fourth-order valence-electron chi connectivity index (χ4n) is 2.25. The molecule has 1 atom stereocenters. The van der Waals surface area contributed by atoms with Crippen LogP contribution < -0.4 is 4.72 Å². The van der Waals surface area contributed by atoms with Crippen molar-refractivity contribution in [2.45, 2.75) is 25.9 Å². The van der Waals surface area contributed by atoms with E-state index in [1.165, 1.54) is 25.3 Å². The van der Waals surface area contributed by atoms with Crippen LogP contribution in [0.1, 0.15) is 30.1 Å². The van der Waals surface area contributed by atoms with Crippen LogP contribution in [-0.4, -0.2) is 45.1 Å². The summed E-state index contributed by atoms with van der Waals surface area (Å²) < 4.78 is 36.7. The van der Waals surface area contributed by atoms with Crippen LogP contribution in [0.3, 0.4) is 0 Å². The third-order valence-electron chi connectivity index (χ3n) is 3.61. The van der Waals surface area contributed by atoms with Gasteiger partial charge >= 0.3 is 5.97 Å². The van der Waals surface area contributed by atoms with E-state index in [0.717, 1.165) is 12.8 Å². The van der Waals surface area contributed by atoms with Crippen molar-refractivity contribution in [1.82, 2.24) is 0 Å². The summed E-state index contributed by atoms with van der Waals surface area (Å²) in [5.74, 6) is -0.811. The fourth-order valence-corrected chi connectivity index (χ4v) is 3.68. The highest BCUT2D eigenvalue weighted by Crippen LogP contribution is 2.35. The minimum absolute atomic E-state index is 0.0173. The molecule has 1 fully saturated rings. The van der Waals surface area contributed by atoms with E-state index >= 15 is 0 Å². The third-order valence-corrected chi connectivity index (χ3v) is 4.91. The quantitative estimate of drug-likeness (QED) is 0.550. The molecule has 0 bridgehead atoms. The molecule has 0 spiro atoms. The molecule has 8 heteroatoms. The number of sulfonamides is 1. The Labute approximate surface area is 135 Å². The van der Waals surface area contributed by atoms with Crippen LogP contribution in [0.25, 0.3) is 0 Å². The van der Waals surface area contributed by atoms with Crippen LogP contribution in [0.4, 0.5) is 5.69 Å². The summed E-state index contributed by atoms with van der Waals surface area (Å²) in [5.41, 5.74) is 0.170. The predicted octanol–water partition coefficient (Wildman–Crippen LogP) is 1.74. The molecule has 2 rings (SSSR count). The SMILES string of the molecule is CCOC(=O)c1ccc(NS(=O)(=O)CC(OC)C2CC2)c(O)c1. The Hall–Kier alpha value is -1.80. The molecule has 1 saturated carbocycles. The van der Waals surface area contributed by atoms with Gasteiger partial charge in [0.15, 0.2) is 0 Å². The first-order valence-corrected chi connectivity index (χ1v) is 9.05. The van der Waals surface area contributed by atoms with Crippen LogP contribution in [0.15, 0.2) is 18.2 Å². The monoisotopic (exact) mass is 343 g/mol. The summed E-state index contributed by atoms with van der Waals surface area (Å²) in [5, 5.41) is 9.92. The molecule has 1 unspecified atom stereocenters. The second kappa shape index (κ2) is 7.18. The van der Waals surface area contributed by atoms with Gasteiger partial charge in [0, 0.05) is 7.11 Å². The molecule has 0 radical (unpaired) electrons. The summed E-state index contributed by atoms with van der Waals surface area (Å²) in [4.78, 5) is 11.6. The highest BCUT2D eigenvalue weighted by Gasteiger charge is 2.34. The molecule has 1 aliphatic carbocycles. The van der Waals surface area contributed by atoms with Gasteiger partial charge in [0.25, 0.3) is 0 Å². The number of esters is 1. The molecule has 0 amide bonds. The molecule has 1 aromatic carbocycles. The van der Waals surface area contributed by atoms with Crippen molar-refractivity contribution in [2.75, 3.05) is 24.2 Å². The average molecular weight is 343 g/mol. The number of anilines is 1. The summed E-state index contributed by atoms with van der Waals surface area (Å²) in [6, 6.07) is 3.90. The zero-order chi connectivity index (χ0) is 17.0. The van der Waals surface area contributed by atoms with Crippen molar-refractivity contribution >= 4 is 21.7 Å². The number of methoxy groups -OCH3 is 1. The molecule has 0 aliphatic heterocycles. The van der Waals surface area contributed by atoms with Gasteiger partial charge in [0.05, 0.1) is 29.7 Å². The van der Waals surface area contributed by atoms with Crippen molar-refractivity contribution in [3.8, 4) is 5.75 Å². The van der Waals surface area contributed by atoms with E-state index in [1.54, 1.807) is 6.92 Å². The Kier molecular flexibility index (Phi) is 5.48. The zero-order valence-corrected chi connectivity index (χ0v) is 13.9. The van der Waals surface area contributed by atoms with Gasteiger partial charge in [-0.1, -0.05) is 0 Å². The molecular weight excluding hydrogens is 322 g/mol. The topological polar surface area (TPSA) is 102 Å². The lowest BCUT2D eigenvalue weighted by Gasteiger charge is -2.16. The number of benzene rings is 1. The first kappa shape index (κ1) is 17.6. The van der Waals surface area contributed by atoms with E-state index in [-0.39, 0.29) is 41.4 Å². The number of aromatic hydroxyl groups is 1. The molecule has 2 N–H and O–H groups in total. The van der Waals surface area contributed by atoms with Gasteiger partial charge in [0.1, 0.15) is 5.75 Å². The fraction of sp³-hybridized carbons (Fsp3) is 0.533. The van der Waals surface area contributed by atoms with Gasteiger partial charge < -0.3 is 14.6 Å². The van der Waals surface area contributed by atoms with Crippen molar-refractivity contribution in [3.63, 3.8) is 0 Å². The number of carbonyl (C=O) groups excluding carboxylic acids is 1. The average Bonchev–Trinajstić information content (AvgIpc) is 3.31. The summed E-state index contributed by atoms with van der Waals surface area (Å²) in [7, 11) is -2.18. The Morgan fingerprint density at radius 1 is 1.43 bits per heavy atom. The van der Waals surface area contributed by atoms with Gasteiger partial charge in [-0.15, -0.1) is 0 Å². The molecule has 7 nitrogen and oxygen atoms in total. The Morgan fingerprint density at radius 3 is 2.65 bits per heavy atom. The number of phenolic OH excluding ortho intramolecular Hbond substituents is 1. The molecule has 0 saturated heterocycles. The van der Waals surface area contributed by atoms with E-state index in [4.69, 9.17) is 9.47 Å². The number of phenols is 1. The molecule has 0 heterocycles. The standard InChI is InChI=1S/C15H21NO6S/c1-3-22-15(18)11-6-7-12(13(17)8-11)16-23(19,20)9-14(21-2)10-4-5-10/h6-8,10,14,16-17H,3-5,9H2,1-2H3. The lowest BCUT2D eigenvalue weighted by Crippen LogP contribution is -2.29. The van der Waals surface area contributed by atoms with Crippen LogP contribution in [0, 0.1) is 5.92 Å². The van der Waals surface area contributed by atoms with E-state index in [2.05, 4.69) is 4.72 Å². The van der Waals surface area contributed by atoms with E-state index < -0.39 is 16.0 Å². The van der Waals surface area contributed by atoms with E-state index in [9.17, 15) is 18.3 Å². The first-order valence-electron chi connectivity index (χ1n) is 7.39. The van der Waals surface area contributed by atoms with Crippen molar-refractivity contribution in [2.24, 2.45) is 5.92 Å². The Balaban J connectivity index is 2.08. The largest absolute Gasteiger partial charge is 0.506 e. The smallest absolute Gasteiger partial charge is 0.338 e. The highest BCUT2D eigenvalue weighted by molar-refractivity contribution is 7.92. The zero-order valence-electron chi connectivity index (χ0n) is 13.1. The maximum Gasteiger partial charge on any atom is 0.338 e. The number of hydrogen-bond donors (Lipinski definition) is 2. The number of hydrogen-bond acceptors (Lipinski definition) is 6. The minimum atomic E-state index is -3.67. The molecule has 1 aliphatic rings. The molecule has 23 heavy (non-hydrogen) atoms. The molecule has 128 valence electrons. The minimum Gasteiger partial charge on any atom is -0.506 e. The van der Waals surface area contributed by atoms with Crippen LogP contribution in [-0.2, 0) is 19.5 Å². The predicted molar refractivity (Wildman–Crippen MR) is 85.0 cm³/mol. The van der Waals surface area contributed by atoms with Gasteiger partial charge in [-0.25, -0.2) is 13.2 Å². The number of nitrogens with one attached hydrogen (secondary N) is 1. The van der Waals surface area contributed by atoms with Crippen LogP contribution in [0.2, 0.25) is 0 Å². The maximum atomic E-state index is 12.2. The van der Waals surface area contributed by atoms with Crippen molar-refractivity contribution in [3.05, 3.63) is 23.8 Å². The second-order valence-corrected chi connectivity index (χ2v) is 7.21. The summed E-state index contributed by atoms with van der Waals surface area (Å²) >= 11 is 0. The normalized spacial score (nSPS) is 15.9. The highest BCUT2D eigenvalue weighted by atomic mass is 32.2. The third kappa shape index (κ3) is 4.84. The summed E-state index contributed by atoms with van der Waals surface area (Å²) in [6.07, 6.45) is 1.58. The number of rotatable bonds is 8. The molecule has 1 aromatic rings. The van der Waals surface area contributed by atoms with Crippen LogP contribution in [0.5, 0.6) is 5.75 Å². The van der Waals surface area contributed by atoms with Gasteiger partial charge in [-0.2, -0.15) is 0 Å². The van der Waals surface area contributed by atoms with Gasteiger partial charge in [-0.05, 0) is 43.9 Å². The summed E-state index contributed by atoms with van der Waals surface area (Å²) in [6.45, 7) is 1.89. The molecule has 0 aromatic heterocycles. The maximum absolute atomic E-state index is 12.2. The van der Waals surface area contributed by atoms with Crippen molar-refractivity contribution < 1.29 is 27.8 Å². The Bertz CT molecular complexity index is 669. The van der Waals surface area contributed by atoms with Gasteiger partial charge in [-0.3, -0.25) is 4.72 Å². The first-order chi connectivity index (χ1) is 10.9. The second-order valence-electron chi connectivity index (χ2n) is 5.45. The van der Waals surface area contributed by atoms with Gasteiger partial charge in [0.2, 0.25) is 10.0 Å². The Morgan fingerprint density at radius 2 is 2.13 bits per heavy atom.